The Kier molecular flexibility index (Phi) is 9.12. The Hall–Kier alpha value is -1.23. The first kappa shape index (κ1) is 27.0. The second-order valence-electron chi connectivity index (χ2n) is 7.44. The number of fused-ring (bicyclic) bond motifs is 2. The highest BCUT2D eigenvalue weighted by Gasteiger charge is 2.37. The van der Waals surface area contributed by atoms with Crippen molar-refractivity contribution in [3.05, 3.63) is 39.7 Å². The van der Waals surface area contributed by atoms with Gasteiger partial charge < -0.3 is 15.0 Å². The Bertz CT molecular complexity index is 970. The van der Waals surface area contributed by atoms with E-state index in [0.717, 1.165) is 13.0 Å². The molecule has 1 fully saturated rings. The summed E-state index contributed by atoms with van der Waals surface area (Å²) in [6.45, 7) is 2.74. The monoisotopic (exact) mass is 530 g/mol. The number of nitrogens with zero attached hydrogens (tertiary/aromatic N) is 3. The number of hydrogen-bond donors (Lipinski definition) is 1. The molecule has 178 valence electrons. The van der Waals surface area contributed by atoms with Crippen LogP contribution in [-0.2, 0) is 10.9 Å². The fourth-order valence-corrected chi connectivity index (χ4v) is 4.83. The highest BCUT2D eigenvalue weighted by molar-refractivity contribution is 7.16. The number of nitrogens with one attached hydrogen (secondary N) is 1. The van der Waals surface area contributed by atoms with E-state index < -0.39 is 11.1 Å². The van der Waals surface area contributed by atoms with Gasteiger partial charge in [0.15, 0.2) is 0 Å². The minimum Gasteiger partial charge on any atom is -0.385 e. The number of halogens is 6. The molecular formula is C20H24Cl3F3N4OS. The standard InChI is InChI=1S/C20H22ClF3N4OS.2ClH/c1-27-6-7-28(11-13(27)5-8-29-2)18-14-10-17(20(22,23)24)30-19(14)26-15-4-3-12(21)9-16(15)25-18;;/h3-4,9-10,13,26H,5-8,11H2,1-2H3;2*1H/t13-;;/m0../s1. The quantitative estimate of drug-likeness (QED) is 0.523. The number of likely N-dealkylation sites (N-methyl/N-ethyl adjacent to an activating group) is 1. The number of benzene rings is 1. The van der Waals surface area contributed by atoms with Gasteiger partial charge >= 0.3 is 6.18 Å². The van der Waals surface area contributed by atoms with Crippen LogP contribution < -0.4 is 5.32 Å². The Morgan fingerprint density at radius 3 is 2.69 bits per heavy atom. The summed E-state index contributed by atoms with van der Waals surface area (Å²) in [5.41, 5.74) is 1.72. The number of rotatable bonds is 3. The van der Waals surface area contributed by atoms with E-state index in [4.69, 9.17) is 21.3 Å². The highest BCUT2D eigenvalue weighted by atomic mass is 35.5. The number of piperazine rings is 1. The Morgan fingerprint density at radius 1 is 1.25 bits per heavy atom. The lowest BCUT2D eigenvalue weighted by Gasteiger charge is -2.40. The van der Waals surface area contributed by atoms with Gasteiger partial charge in [-0.05, 0) is 37.7 Å². The molecule has 0 aliphatic carbocycles. The largest absolute Gasteiger partial charge is 0.425 e. The van der Waals surface area contributed by atoms with Crippen molar-refractivity contribution >= 4 is 70.0 Å². The Labute approximate surface area is 206 Å². The number of anilines is 2. The van der Waals surface area contributed by atoms with E-state index in [1.54, 1.807) is 25.3 Å². The van der Waals surface area contributed by atoms with Crippen molar-refractivity contribution < 1.29 is 17.9 Å². The Balaban J connectivity index is 0.00000181. The summed E-state index contributed by atoms with van der Waals surface area (Å²) in [6, 6.07) is 6.58. The van der Waals surface area contributed by atoms with Gasteiger partial charge in [-0.2, -0.15) is 13.2 Å². The topological polar surface area (TPSA) is 40.1 Å². The molecule has 32 heavy (non-hydrogen) atoms. The highest BCUT2D eigenvalue weighted by Crippen LogP contribution is 2.44. The molecule has 0 radical (unpaired) electrons. The van der Waals surface area contributed by atoms with Gasteiger partial charge in [0, 0.05) is 44.4 Å². The lowest BCUT2D eigenvalue weighted by Crippen LogP contribution is -2.53. The summed E-state index contributed by atoms with van der Waals surface area (Å²) in [5.74, 6) is 0.542. The molecule has 1 aromatic heterocycles. The summed E-state index contributed by atoms with van der Waals surface area (Å²) in [6.07, 6.45) is -3.57. The lowest BCUT2D eigenvalue weighted by molar-refractivity contribution is -0.134. The van der Waals surface area contributed by atoms with Crippen LogP contribution in [-0.4, -0.2) is 62.1 Å². The minimum absolute atomic E-state index is 0. The van der Waals surface area contributed by atoms with Gasteiger partial charge in [-0.1, -0.05) is 11.6 Å². The van der Waals surface area contributed by atoms with Gasteiger partial charge in [-0.3, -0.25) is 4.90 Å². The van der Waals surface area contributed by atoms with Crippen molar-refractivity contribution in [2.24, 2.45) is 4.99 Å². The molecule has 0 amide bonds. The fourth-order valence-electron chi connectivity index (χ4n) is 3.73. The number of ether oxygens (including phenoxy) is 1. The second kappa shape index (κ2) is 10.8. The van der Waals surface area contributed by atoms with Crippen molar-refractivity contribution in [3.8, 4) is 0 Å². The molecule has 0 unspecified atom stereocenters. The number of methoxy groups -OCH3 is 1. The van der Waals surface area contributed by atoms with Gasteiger partial charge in [0.25, 0.3) is 0 Å². The van der Waals surface area contributed by atoms with Crippen molar-refractivity contribution in [2.45, 2.75) is 18.6 Å². The van der Waals surface area contributed by atoms with Gasteiger partial charge in [0.1, 0.15) is 15.7 Å². The smallest absolute Gasteiger partial charge is 0.385 e. The number of alkyl halides is 3. The van der Waals surface area contributed by atoms with E-state index >= 15 is 0 Å². The summed E-state index contributed by atoms with van der Waals surface area (Å²) in [5, 5.41) is 4.10. The van der Waals surface area contributed by atoms with Crippen LogP contribution in [0.25, 0.3) is 0 Å². The molecule has 4 rings (SSSR count). The lowest BCUT2D eigenvalue weighted by atomic mass is 10.1. The van der Waals surface area contributed by atoms with Gasteiger partial charge in [-0.15, -0.1) is 36.2 Å². The van der Waals surface area contributed by atoms with Gasteiger partial charge in [-0.25, -0.2) is 4.99 Å². The molecule has 1 aromatic carbocycles. The molecule has 5 nitrogen and oxygen atoms in total. The normalized spacial score (nSPS) is 18.4. The van der Waals surface area contributed by atoms with Crippen LogP contribution in [0.4, 0.5) is 29.5 Å². The van der Waals surface area contributed by atoms with Crippen LogP contribution in [0.15, 0.2) is 29.3 Å². The third-order valence-electron chi connectivity index (χ3n) is 5.42. The SMILES string of the molecule is COCC[C@H]1CN(C2=Nc3cc(Cl)ccc3Nc3sc(C(F)(F)F)cc32)CCN1C.Cl.Cl. The van der Waals surface area contributed by atoms with E-state index in [9.17, 15) is 13.2 Å². The average molecular weight is 532 g/mol. The zero-order chi connectivity index (χ0) is 21.5. The average Bonchev–Trinajstić information content (AvgIpc) is 3.05. The number of thiophene rings is 1. The second-order valence-corrected chi connectivity index (χ2v) is 8.92. The molecule has 12 heteroatoms. The maximum absolute atomic E-state index is 13.4. The molecule has 0 saturated carbocycles. The van der Waals surface area contributed by atoms with Crippen LogP contribution >= 0.6 is 47.8 Å². The summed E-state index contributed by atoms with van der Waals surface area (Å²) < 4.78 is 45.5. The Morgan fingerprint density at radius 2 is 2.00 bits per heavy atom. The maximum atomic E-state index is 13.4. The molecule has 3 heterocycles. The predicted molar refractivity (Wildman–Crippen MR) is 129 cm³/mol. The predicted octanol–water partition coefficient (Wildman–Crippen LogP) is 6.05. The zero-order valence-corrected chi connectivity index (χ0v) is 20.6. The van der Waals surface area contributed by atoms with E-state index in [-0.39, 0.29) is 30.9 Å². The molecule has 1 N–H and O–H groups in total. The fraction of sp³-hybridized carbons (Fsp3) is 0.450. The van der Waals surface area contributed by atoms with Gasteiger partial charge in [0.05, 0.1) is 16.9 Å². The van der Waals surface area contributed by atoms with Crippen LogP contribution in [0, 0.1) is 0 Å². The maximum Gasteiger partial charge on any atom is 0.425 e. The van der Waals surface area contributed by atoms with E-state index in [1.165, 1.54) is 6.07 Å². The molecule has 0 bridgehead atoms. The number of hydrogen-bond acceptors (Lipinski definition) is 6. The number of aliphatic imine (C=N–C) groups is 1. The summed E-state index contributed by atoms with van der Waals surface area (Å²) in [4.78, 5) is 8.47. The molecule has 2 aliphatic heterocycles. The minimum atomic E-state index is -4.41. The summed E-state index contributed by atoms with van der Waals surface area (Å²) in [7, 11) is 3.72. The molecule has 2 aliphatic rings. The van der Waals surface area contributed by atoms with Crippen LogP contribution in [0.2, 0.25) is 5.02 Å². The molecular weight excluding hydrogens is 508 g/mol. The van der Waals surface area contributed by atoms with Crippen molar-refractivity contribution in [2.75, 3.05) is 45.7 Å². The van der Waals surface area contributed by atoms with E-state index in [1.807, 2.05) is 0 Å². The third-order valence-corrected chi connectivity index (χ3v) is 6.75. The first-order valence-electron chi connectivity index (χ1n) is 9.57. The molecule has 1 saturated heterocycles. The number of amidine groups is 1. The molecule has 2 aromatic rings. The molecule has 0 spiro atoms. The summed E-state index contributed by atoms with van der Waals surface area (Å²) >= 11 is 6.86. The van der Waals surface area contributed by atoms with Crippen LogP contribution in [0.3, 0.4) is 0 Å². The van der Waals surface area contributed by atoms with Crippen molar-refractivity contribution in [1.82, 2.24) is 9.80 Å². The molecule has 1 atom stereocenters. The van der Waals surface area contributed by atoms with Crippen LogP contribution in [0.1, 0.15) is 16.9 Å². The van der Waals surface area contributed by atoms with Crippen molar-refractivity contribution in [3.63, 3.8) is 0 Å². The first-order valence-corrected chi connectivity index (χ1v) is 10.8. The van der Waals surface area contributed by atoms with Crippen LogP contribution in [0.5, 0.6) is 0 Å². The third kappa shape index (κ3) is 5.63. The van der Waals surface area contributed by atoms with Gasteiger partial charge in [0.2, 0.25) is 0 Å². The first-order chi connectivity index (χ1) is 14.3. The zero-order valence-electron chi connectivity index (χ0n) is 17.4. The van der Waals surface area contributed by atoms with E-state index in [2.05, 4.69) is 22.2 Å². The van der Waals surface area contributed by atoms with Crippen molar-refractivity contribution in [1.29, 1.82) is 0 Å². The van der Waals surface area contributed by atoms with E-state index in [0.29, 0.717) is 63.8 Å².